The highest BCUT2D eigenvalue weighted by Gasteiger charge is 2.02. The first-order chi connectivity index (χ1) is 7.24. The molecule has 68 valence electrons. The molecule has 1 N–H and O–H groups in total. The molecule has 0 amide bonds. The Morgan fingerprint density at radius 2 is 1.93 bits per heavy atom. The third-order valence-corrected chi connectivity index (χ3v) is 2.90. The molecule has 1 heterocycles. The minimum absolute atomic E-state index is 0.545. The molecule has 0 radical (unpaired) electrons. The van der Waals surface area contributed by atoms with E-state index in [1.807, 2.05) is 24.3 Å². The SMILES string of the molecule is [2H]c1ccc2[nH]c3ccc(Br)cc3c2c1. The van der Waals surface area contributed by atoms with Gasteiger partial charge < -0.3 is 4.98 Å². The summed E-state index contributed by atoms with van der Waals surface area (Å²) in [6.07, 6.45) is 0. The summed E-state index contributed by atoms with van der Waals surface area (Å²) in [5.41, 5.74) is 2.19. The molecular formula is C12H8BrN. The van der Waals surface area contributed by atoms with Crippen molar-refractivity contribution in [1.29, 1.82) is 0 Å². The highest BCUT2D eigenvalue weighted by atomic mass is 79.9. The lowest BCUT2D eigenvalue weighted by atomic mass is 10.2. The number of fused-ring (bicyclic) bond motifs is 3. The maximum atomic E-state index is 7.62. The van der Waals surface area contributed by atoms with Gasteiger partial charge in [-0.15, -0.1) is 0 Å². The Balaban J connectivity index is 2.55. The van der Waals surface area contributed by atoms with Gasteiger partial charge in [-0.25, -0.2) is 0 Å². The Labute approximate surface area is 91.3 Å². The third kappa shape index (κ3) is 1.07. The second-order valence-corrected chi connectivity index (χ2v) is 4.20. The number of halogens is 1. The lowest BCUT2D eigenvalue weighted by Gasteiger charge is -1.91. The Morgan fingerprint density at radius 3 is 2.86 bits per heavy atom. The number of H-pyrrole nitrogens is 1. The Kier molecular flexibility index (Phi) is 1.44. The standard InChI is InChI=1S/C12H8BrN/c13-8-5-6-12-10(7-8)9-3-1-2-4-11(9)14-12/h1-7,14H/i1D. The zero-order valence-corrected chi connectivity index (χ0v) is 8.93. The number of benzene rings is 2. The van der Waals surface area contributed by atoms with E-state index in [1.165, 1.54) is 0 Å². The molecule has 0 atom stereocenters. The van der Waals surface area contributed by atoms with Gasteiger partial charge in [0, 0.05) is 26.3 Å². The molecule has 0 spiro atoms. The number of aromatic amines is 1. The van der Waals surface area contributed by atoms with E-state index >= 15 is 0 Å². The first-order valence-corrected chi connectivity index (χ1v) is 5.21. The molecule has 0 bridgehead atoms. The van der Waals surface area contributed by atoms with E-state index < -0.39 is 0 Å². The molecule has 0 aliphatic carbocycles. The zero-order chi connectivity index (χ0) is 10.4. The summed E-state index contributed by atoms with van der Waals surface area (Å²) in [6, 6.07) is 12.3. The van der Waals surface area contributed by atoms with E-state index in [4.69, 9.17) is 1.37 Å². The van der Waals surface area contributed by atoms with Crippen molar-refractivity contribution < 1.29 is 1.37 Å². The average Bonchev–Trinajstić information content (AvgIpc) is 2.56. The summed E-state index contributed by atoms with van der Waals surface area (Å²) in [6.45, 7) is 0. The fourth-order valence-electron chi connectivity index (χ4n) is 1.76. The van der Waals surface area contributed by atoms with Crippen molar-refractivity contribution in [3.8, 4) is 0 Å². The Hall–Kier alpha value is -1.28. The van der Waals surface area contributed by atoms with E-state index in [-0.39, 0.29) is 0 Å². The second kappa shape index (κ2) is 2.85. The number of nitrogens with one attached hydrogen (secondary N) is 1. The van der Waals surface area contributed by atoms with Gasteiger partial charge in [0.2, 0.25) is 0 Å². The van der Waals surface area contributed by atoms with Crippen LogP contribution < -0.4 is 0 Å². The second-order valence-electron chi connectivity index (χ2n) is 3.29. The average molecular weight is 247 g/mol. The molecule has 0 saturated carbocycles. The van der Waals surface area contributed by atoms with Crippen molar-refractivity contribution in [2.24, 2.45) is 0 Å². The van der Waals surface area contributed by atoms with Crippen LogP contribution >= 0.6 is 15.9 Å². The molecule has 0 fully saturated rings. The molecule has 2 heteroatoms. The van der Waals surface area contributed by atoms with Crippen LogP contribution in [-0.2, 0) is 0 Å². The van der Waals surface area contributed by atoms with Gasteiger partial charge in [-0.2, -0.15) is 0 Å². The van der Waals surface area contributed by atoms with Crippen LogP contribution in [0.4, 0.5) is 0 Å². The summed E-state index contributed by atoms with van der Waals surface area (Å²) in [4.78, 5) is 3.33. The molecule has 0 saturated heterocycles. The van der Waals surface area contributed by atoms with Crippen LogP contribution in [0.1, 0.15) is 1.37 Å². The molecular weight excluding hydrogens is 238 g/mol. The molecule has 2 aromatic carbocycles. The molecule has 1 nitrogen and oxygen atoms in total. The monoisotopic (exact) mass is 246 g/mol. The van der Waals surface area contributed by atoms with Gasteiger partial charge in [0.15, 0.2) is 0 Å². The van der Waals surface area contributed by atoms with Crippen LogP contribution in [0.25, 0.3) is 21.8 Å². The lowest BCUT2D eigenvalue weighted by Crippen LogP contribution is -1.66. The van der Waals surface area contributed by atoms with Crippen LogP contribution in [0.3, 0.4) is 0 Å². The van der Waals surface area contributed by atoms with E-state index in [0.717, 1.165) is 26.3 Å². The highest BCUT2D eigenvalue weighted by molar-refractivity contribution is 9.10. The van der Waals surface area contributed by atoms with Crippen molar-refractivity contribution in [2.45, 2.75) is 0 Å². The maximum absolute atomic E-state index is 7.62. The van der Waals surface area contributed by atoms with E-state index in [9.17, 15) is 0 Å². The van der Waals surface area contributed by atoms with Crippen LogP contribution in [0, 0.1) is 0 Å². The first kappa shape index (κ1) is 7.07. The van der Waals surface area contributed by atoms with Crippen LogP contribution in [0.5, 0.6) is 0 Å². The third-order valence-electron chi connectivity index (χ3n) is 2.41. The lowest BCUT2D eigenvalue weighted by molar-refractivity contribution is 1.54. The van der Waals surface area contributed by atoms with Gasteiger partial charge in [0.1, 0.15) is 0 Å². The Bertz CT molecular complexity index is 601. The van der Waals surface area contributed by atoms with Crippen molar-refractivity contribution in [2.75, 3.05) is 0 Å². The van der Waals surface area contributed by atoms with Crippen LogP contribution in [-0.4, -0.2) is 4.98 Å². The van der Waals surface area contributed by atoms with Crippen molar-refractivity contribution >= 4 is 37.7 Å². The van der Waals surface area contributed by atoms with Gasteiger partial charge in [0.25, 0.3) is 0 Å². The van der Waals surface area contributed by atoms with Gasteiger partial charge >= 0.3 is 0 Å². The smallest absolute Gasteiger partial charge is 0.0623 e. The van der Waals surface area contributed by atoms with E-state index in [2.05, 4.69) is 27.0 Å². The predicted molar refractivity (Wildman–Crippen MR) is 63.5 cm³/mol. The summed E-state index contributed by atoms with van der Waals surface area (Å²) >= 11 is 3.46. The van der Waals surface area contributed by atoms with Gasteiger partial charge in [0.05, 0.1) is 1.37 Å². The van der Waals surface area contributed by atoms with E-state index in [0.29, 0.717) is 6.04 Å². The van der Waals surface area contributed by atoms with E-state index in [1.54, 1.807) is 6.07 Å². The minimum atomic E-state index is 0.545. The number of hydrogen-bond acceptors (Lipinski definition) is 0. The molecule has 0 aliphatic heterocycles. The normalized spacial score (nSPS) is 12.2. The topological polar surface area (TPSA) is 15.8 Å². The quantitative estimate of drug-likeness (QED) is 0.616. The molecule has 0 aliphatic rings. The number of hydrogen-bond donors (Lipinski definition) is 1. The van der Waals surface area contributed by atoms with Gasteiger partial charge in [-0.3, -0.25) is 0 Å². The minimum Gasteiger partial charge on any atom is -0.355 e. The van der Waals surface area contributed by atoms with Gasteiger partial charge in [-0.05, 0) is 24.3 Å². The Morgan fingerprint density at radius 1 is 1.07 bits per heavy atom. The number of aromatic nitrogens is 1. The molecule has 1 aromatic heterocycles. The maximum Gasteiger partial charge on any atom is 0.0623 e. The van der Waals surface area contributed by atoms with Gasteiger partial charge in [-0.1, -0.05) is 34.1 Å². The summed E-state index contributed by atoms with van der Waals surface area (Å²) in [5, 5.41) is 2.27. The van der Waals surface area contributed by atoms with Crippen LogP contribution in [0.15, 0.2) is 46.9 Å². The summed E-state index contributed by atoms with van der Waals surface area (Å²) in [7, 11) is 0. The van der Waals surface area contributed by atoms with Crippen molar-refractivity contribution in [1.82, 2.24) is 4.98 Å². The fourth-order valence-corrected chi connectivity index (χ4v) is 2.12. The fraction of sp³-hybridized carbons (Fsp3) is 0. The molecule has 0 unspecified atom stereocenters. The first-order valence-electron chi connectivity index (χ1n) is 4.92. The predicted octanol–water partition coefficient (Wildman–Crippen LogP) is 4.08. The molecule has 14 heavy (non-hydrogen) atoms. The number of rotatable bonds is 0. The van der Waals surface area contributed by atoms with Crippen molar-refractivity contribution in [3.63, 3.8) is 0 Å². The molecule has 3 aromatic rings. The molecule has 3 rings (SSSR count). The highest BCUT2D eigenvalue weighted by Crippen LogP contribution is 2.27. The largest absolute Gasteiger partial charge is 0.355 e. The number of para-hydroxylation sites is 1. The summed E-state index contributed by atoms with van der Waals surface area (Å²) in [5.74, 6) is 0. The zero-order valence-electron chi connectivity index (χ0n) is 8.34. The summed E-state index contributed by atoms with van der Waals surface area (Å²) < 4.78 is 8.68. The van der Waals surface area contributed by atoms with Crippen LogP contribution in [0.2, 0.25) is 0 Å². The van der Waals surface area contributed by atoms with Crippen molar-refractivity contribution in [3.05, 3.63) is 46.9 Å².